The molecule has 5 nitrogen and oxygen atoms in total. The van der Waals surface area contributed by atoms with Crippen LogP contribution < -0.4 is 4.74 Å². The van der Waals surface area contributed by atoms with E-state index in [1.165, 1.54) is 0 Å². The van der Waals surface area contributed by atoms with Crippen LogP contribution in [0.5, 0.6) is 5.88 Å². The number of ether oxygens (including phenoxy) is 1. The van der Waals surface area contributed by atoms with E-state index in [2.05, 4.69) is 16.0 Å². The molecule has 0 saturated heterocycles. The molecule has 104 valence electrons. The summed E-state index contributed by atoms with van der Waals surface area (Å²) in [6, 6.07) is 13.3. The number of nitrogens with one attached hydrogen (secondary N) is 1. The first-order chi connectivity index (χ1) is 10.2. The highest BCUT2D eigenvalue weighted by Crippen LogP contribution is 2.18. The summed E-state index contributed by atoms with van der Waals surface area (Å²) in [5, 5.41) is 8.97. The van der Waals surface area contributed by atoms with Gasteiger partial charge in [-0.15, -0.1) is 0 Å². The number of aromatic amines is 1. The fraction of sp³-hybridized carbons (Fsp3) is 0.133. The summed E-state index contributed by atoms with van der Waals surface area (Å²) >= 11 is 5.35. The summed E-state index contributed by atoms with van der Waals surface area (Å²) in [6.45, 7) is 0.550. The Balaban J connectivity index is 2.09. The van der Waals surface area contributed by atoms with Gasteiger partial charge in [0.25, 0.3) is 0 Å². The number of nitrogens with zero attached hydrogens (tertiary/aromatic N) is 3. The zero-order valence-electron chi connectivity index (χ0n) is 11.3. The topological polar surface area (TPSA) is 66.6 Å². The minimum absolute atomic E-state index is 0.538. The maximum atomic E-state index is 8.97. The average Bonchev–Trinajstić information content (AvgIpc) is 2.82. The smallest absolute Gasteiger partial charge is 0.215 e. The van der Waals surface area contributed by atoms with E-state index in [0.29, 0.717) is 22.8 Å². The Hall–Kier alpha value is -2.65. The van der Waals surface area contributed by atoms with Crippen LogP contribution in [-0.4, -0.2) is 21.6 Å². The van der Waals surface area contributed by atoms with Gasteiger partial charge in [-0.2, -0.15) is 10.2 Å². The van der Waals surface area contributed by atoms with Crippen molar-refractivity contribution in [2.45, 2.75) is 6.54 Å². The van der Waals surface area contributed by atoms with Crippen LogP contribution in [0, 0.1) is 16.1 Å². The number of imidazole rings is 1. The molecule has 0 amide bonds. The molecule has 3 rings (SSSR count). The lowest BCUT2D eigenvalue weighted by Gasteiger charge is -2.05. The highest BCUT2D eigenvalue weighted by atomic mass is 32.1. The largest absolute Gasteiger partial charge is 0.481 e. The number of hydrogen-bond acceptors (Lipinski definition) is 4. The minimum Gasteiger partial charge on any atom is -0.481 e. The molecule has 0 saturated carbocycles. The lowest BCUT2D eigenvalue weighted by molar-refractivity contribution is 0.399. The van der Waals surface area contributed by atoms with Gasteiger partial charge >= 0.3 is 0 Å². The Morgan fingerprint density at radius 2 is 2.24 bits per heavy atom. The fourth-order valence-corrected chi connectivity index (χ4v) is 2.46. The van der Waals surface area contributed by atoms with E-state index in [9.17, 15) is 0 Å². The summed E-state index contributed by atoms with van der Waals surface area (Å²) in [5.74, 6) is 0.538. The minimum atomic E-state index is 0.538. The van der Waals surface area contributed by atoms with Crippen LogP contribution in [-0.2, 0) is 6.54 Å². The lowest BCUT2D eigenvalue weighted by Crippen LogP contribution is -2.01. The zero-order valence-corrected chi connectivity index (χ0v) is 12.1. The lowest BCUT2D eigenvalue weighted by atomic mass is 10.1. The van der Waals surface area contributed by atoms with E-state index in [0.717, 1.165) is 16.7 Å². The van der Waals surface area contributed by atoms with E-state index >= 15 is 0 Å². The molecule has 3 aromatic rings. The molecule has 0 radical (unpaired) electrons. The highest BCUT2D eigenvalue weighted by molar-refractivity contribution is 7.71. The first kappa shape index (κ1) is 13.3. The van der Waals surface area contributed by atoms with Crippen molar-refractivity contribution in [2.75, 3.05) is 7.11 Å². The maximum Gasteiger partial charge on any atom is 0.215 e. The van der Waals surface area contributed by atoms with Gasteiger partial charge in [0.15, 0.2) is 10.4 Å². The molecule has 0 unspecified atom stereocenters. The summed E-state index contributed by atoms with van der Waals surface area (Å²) in [4.78, 5) is 7.55. The monoisotopic (exact) mass is 296 g/mol. The third-order valence-electron chi connectivity index (χ3n) is 3.20. The molecule has 1 N–H and O–H groups in total. The summed E-state index contributed by atoms with van der Waals surface area (Å²) in [7, 11) is 1.58. The molecule has 6 heteroatoms. The molecular formula is C15H12N4OS. The molecule has 0 aliphatic carbocycles. The van der Waals surface area contributed by atoms with Crippen LogP contribution in [0.3, 0.4) is 0 Å². The Kier molecular flexibility index (Phi) is 3.42. The summed E-state index contributed by atoms with van der Waals surface area (Å²) < 4.78 is 7.64. The molecule has 21 heavy (non-hydrogen) atoms. The second-order valence-electron chi connectivity index (χ2n) is 4.55. The van der Waals surface area contributed by atoms with E-state index in [1.54, 1.807) is 19.2 Å². The Morgan fingerprint density at radius 1 is 1.38 bits per heavy atom. The Bertz CT molecular complexity index is 904. The number of hydrogen-bond donors (Lipinski definition) is 1. The van der Waals surface area contributed by atoms with Crippen molar-refractivity contribution in [2.24, 2.45) is 0 Å². The normalized spacial score (nSPS) is 10.5. The van der Waals surface area contributed by atoms with Gasteiger partial charge in [0.2, 0.25) is 5.88 Å². The first-order valence-electron chi connectivity index (χ1n) is 6.34. The van der Waals surface area contributed by atoms with Gasteiger partial charge in [-0.25, -0.2) is 0 Å². The van der Waals surface area contributed by atoms with Crippen molar-refractivity contribution >= 4 is 23.4 Å². The number of rotatable bonds is 3. The predicted octanol–water partition coefficient (Wildman–Crippen LogP) is 3.02. The van der Waals surface area contributed by atoms with Crippen LogP contribution >= 0.6 is 12.2 Å². The average molecular weight is 296 g/mol. The van der Waals surface area contributed by atoms with Crippen molar-refractivity contribution in [1.29, 1.82) is 5.26 Å². The standard InChI is InChI=1S/C15H12N4OS/c1-20-13-6-5-12-14(18-13)19(15(21)17-12)9-11-4-2-3-10(7-11)8-16/h2-7H,9H2,1H3,(H,17,21). The molecular weight excluding hydrogens is 284 g/mol. The van der Waals surface area contributed by atoms with Gasteiger partial charge in [-0.3, -0.25) is 4.57 Å². The molecule has 0 atom stereocenters. The SMILES string of the molecule is COc1ccc2[nH]c(=S)n(Cc3cccc(C#N)c3)c2n1. The second-order valence-corrected chi connectivity index (χ2v) is 4.94. The quantitative estimate of drug-likeness (QED) is 0.754. The van der Waals surface area contributed by atoms with Gasteiger partial charge in [0.05, 0.1) is 30.8 Å². The van der Waals surface area contributed by atoms with Crippen LogP contribution in [0.4, 0.5) is 0 Å². The number of nitriles is 1. The van der Waals surface area contributed by atoms with E-state index in [-0.39, 0.29) is 0 Å². The number of pyridine rings is 1. The first-order valence-corrected chi connectivity index (χ1v) is 6.74. The number of H-pyrrole nitrogens is 1. The second kappa shape index (κ2) is 5.38. The zero-order chi connectivity index (χ0) is 14.8. The fourth-order valence-electron chi connectivity index (χ4n) is 2.20. The predicted molar refractivity (Wildman–Crippen MR) is 81.7 cm³/mol. The van der Waals surface area contributed by atoms with Crippen molar-refractivity contribution in [1.82, 2.24) is 14.5 Å². The summed E-state index contributed by atoms with van der Waals surface area (Å²) in [5.41, 5.74) is 3.22. The van der Waals surface area contributed by atoms with Crippen LogP contribution in [0.15, 0.2) is 36.4 Å². The molecule has 0 bridgehead atoms. The Labute approximate surface area is 126 Å². The molecule has 0 fully saturated rings. The molecule has 2 heterocycles. The van der Waals surface area contributed by atoms with E-state index in [4.69, 9.17) is 22.2 Å². The third-order valence-corrected chi connectivity index (χ3v) is 3.52. The van der Waals surface area contributed by atoms with Crippen LogP contribution in [0.25, 0.3) is 11.2 Å². The van der Waals surface area contributed by atoms with Crippen LogP contribution in [0.2, 0.25) is 0 Å². The molecule has 1 aromatic carbocycles. The maximum absolute atomic E-state index is 8.97. The Morgan fingerprint density at radius 3 is 3.00 bits per heavy atom. The number of fused-ring (bicyclic) bond motifs is 1. The van der Waals surface area contributed by atoms with Crippen molar-refractivity contribution in [3.8, 4) is 11.9 Å². The van der Waals surface area contributed by atoms with Gasteiger partial charge in [-0.1, -0.05) is 12.1 Å². The van der Waals surface area contributed by atoms with Gasteiger partial charge in [0, 0.05) is 6.07 Å². The molecule has 0 spiro atoms. The van der Waals surface area contributed by atoms with Gasteiger partial charge < -0.3 is 9.72 Å². The highest BCUT2D eigenvalue weighted by Gasteiger charge is 2.08. The number of benzene rings is 1. The van der Waals surface area contributed by atoms with Crippen LogP contribution in [0.1, 0.15) is 11.1 Å². The molecule has 2 aromatic heterocycles. The van der Waals surface area contributed by atoms with E-state index in [1.807, 2.05) is 28.8 Å². The van der Waals surface area contributed by atoms with Crippen molar-refractivity contribution in [3.63, 3.8) is 0 Å². The van der Waals surface area contributed by atoms with Gasteiger partial charge in [0.1, 0.15) is 0 Å². The van der Waals surface area contributed by atoms with Crippen molar-refractivity contribution in [3.05, 3.63) is 52.3 Å². The van der Waals surface area contributed by atoms with Crippen molar-refractivity contribution < 1.29 is 4.74 Å². The molecule has 0 aliphatic heterocycles. The number of aromatic nitrogens is 3. The summed E-state index contributed by atoms with van der Waals surface area (Å²) in [6.07, 6.45) is 0. The number of methoxy groups -OCH3 is 1. The van der Waals surface area contributed by atoms with Gasteiger partial charge in [-0.05, 0) is 36.0 Å². The molecule has 0 aliphatic rings. The third kappa shape index (κ3) is 2.51. The van der Waals surface area contributed by atoms with E-state index < -0.39 is 0 Å².